The number of nitrogen functional groups attached to an aromatic ring is 1. The molecule has 0 spiro atoms. The number of rotatable bonds is 9. The molecule has 3 heterocycles. The summed E-state index contributed by atoms with van der Waals surface area (Å²) in [6.45, 7) is 14.0. The Hall–Kier alpha value is -4.65. The van der Waals surface area contributed by atoms with Crippen LogP contribution in [0.2, 0.25) is 0 Å². The molecule has 13 heteroatoms. The van der Waals surface area contributed by atoms with Gasteiger partial charge >= 0.3 is 0 Å². The Kier molecular flexibility index (Phi) is 11.0. The van der Waals surface area contributed by atoms with E-state index in [9.17, 15) is 22.4 Å². The predicted octanol–water partition coefficient (Wildman–Crippen LogP) is 8.71. The molecule has 0 radical (unpaired) electrons. The van der Waals surface area contributed by atoms with Crippen LogP contribution in [0.3, 0.4) is 0 Å². The highest BCUT2D eigenvalue weighted by atomic mass is 32.1. The number of alkyl halides is 4. The number of thiazole rings is 1. The van der Waals surface area contributed by atoms with Gasteiger partial charge < -0.3 is 16.5 Å². The average molecular weight is 682 g/mol. The van der Waals surface area contributed by atoms with Crippen molar-refractivity contribution in [1.29, 1.82) is 5.41 Å². The van der Waals surface area contributed by atoms with Crippen LogP contribution >= 0.6 is 11.3 Å². The molecule has 1 aliphatic rings. The van der Waals surface area contributed by atoms with E-state index < -0.39 is 48.0 Å². The van der Waals surface area contributed by atoms with E-state index in [1.807, 2.05) is 25.1 Å². The van der Waals surface area contributed by atoms with E-state index in [-0.39, 0.29) is 23.5 Å². The Labute approximate surface area is 281 Å². The van der Waals surface area contributed by atoms with Gasteiger partial charge in [0.2, 0.25) is 5.91 Å². The fraction of sp³-hybridized carbons (Fsp3) is 0.343. The van der Waals surface area contributed by atoms with Crippen LogP contribution in [-0.2, 0) is 23.8 Å². The van der Waals surface area contributed by atoms with Crippen molar-refractivity contribution >= 4 is 39.4 Å². The van der Waals surface area contributed by atoms with Crippen LogP contribution in [0, 0.1) is 11.3 Å². The minimum absolute atomic E-state index is 0.126. The van der Waals surface area contributed by atoms with Gasteiger partial charge in [-0.1, -0.05) is 55.4 Å². The molecule has 0 fully saturated rings. The number of aromatic nitrogens is 4. The van der Waals surface area contributed by atoms with Gasteiger partial charge in [-0.25, -0.2) is 18.7 Å². The second-order valence-electron chi connectivity index (χ2n) is 12.2. The van der Waals surface area contributed by atoms with Crippen molar-refractivity contribution in [1.82, 2.24) is 25.1 Å². The molecule has 0 saturated carbocycles. The molecule has 3 aromatic heterocycles. The van der Waals surface area contributed by atoms with Crippen LogP contribution in [0.4, 0.5) is 23.2 Å². The molecule has 48 heavy (non-hydrogen) atoms. The van der Waals surface area contributed by atoms with E-state index in [4.69, 9.17) is 11.1 Å². The van der Waals surface area contributed by atoms with Crippen molar-refractivity contribution in [3.8, 4) is 11.1 Å². The Bertz CT molecular complexity index is 1920. The lowest BCUT2D eigenvalue weighted by atomic mass is 9.94. The van der Waals surface area contributed by atoms with Crippen molar-refractivity contribution in [2.24, 2.45) is 5.92 Å². The zero-order valence-electron chi connectivity index (χ0n) is 27.7. The lowest BCUT2D eigenvalue weighted by Gasteiger charge is -2.20. The van der Waals surface area contributed by atoms with E-state index in [0.717, 1.165) is 27.6 Å². The summed E-state index contributed by atoms with van der Waals surface area (Å²) in [4.78, 5) is 21.6. The van der Waals surface area contributed by atoms with Crippen LogP contribution in [0.25, 0.3) is 21.3 Å². The second kappa shape index (κ2) is 14.6. The van der Waals surface area contributed by atoms with Crippen LogP contribution in [-0.4, -0.2) is 31.9 Å². The standard InChI is InChI=1S/C25H23F4N7OS.C10H16/c1-11-12(2)25(28,29)23-21(11)22(24(26)27)35-36(23)9-20(37)32-8-18-14(6-15(31)17(7-30)34-18)13-3-4-19-16(5-13)33-10-38-19;1-8(2)6-10(5)7-9(3)4/h3-7,10-12,24,30H,8-9,31H2,1-2H3,(H,32,37);6-7H,1H2,2-5H3/b;10-6-/t11-,12?;/m0./s1. The highest BCUT2D eigenvalue weighted by Crippen LogP contribution is 2.54. The molecular weight excluding hydrogens is 642 g/mol. The molecule has 1 aromatic carbocycles. The molecular formula is C35H39F4N7OS. The number of allylic oxidation sites excluding steroid dienone is 5. The summed E-state index contributed by atoms with van der Waals surface area (Å²) >= 11 is 1.48. The fourth-order valence-corrected chi connectivity index (χ4v) is 6.38. The Morgan fingerprint density at radius 3 is 2.52 bits per heavy atom. The average Bonchev–Trinajstić information content (AvgIpc) is 3.67. The zero-order chi connectivity index (χ0) is 35.5. The van der Waals surface area contributed by atoms with E-state index >= 15 is 0 Å². The van der Waals surface area contributed by atoms with E-state index in [0.29, 0.717) is 15.9 Å². The summed E-state index contributed by atoms with van der Waals surface area (Å²) in [5.74, 6) is -6.17. The molecule has 0 saturated heterocycles. The SMILES string of the molecule is C=C(C)/C=C(/C)C=C(C)C.CC1[C@H](C)c2c(C(F)F)nn(CC(=O)NCc3nc(C=N)c(N)cc3-c3ccc4scnc4c3)c2C1(F)F. The molecule has 1 aliphatic carbocycles. The van der Waals surface area contributed by atoms with Gasteiger partial charge in [0.15, 0.2) is 0 Å². The van der Waals surface area contributed by atoms with E-state index in [1.165, 1.54) is 36.3 Å². The molecule has 8 nitrogen and oxygen atoms in total. The highest BCUT2D eigenvalue weighted by Gasteiger charge is 2.55. The van der Waals surface area contributed by atoms with E-state index in [1.54, 1.807) is 11.6 Å². The number of fused-ring (bicyclic) bond motifs is 2. The van der Waals surface area contributed by atoms with Crippen LogP contribution in [0.15, 0.2) is 65.2 Å². The fourth-order valence-electron chi connectivity index (χ4n) is 5.72. The van der Waals surface area contributed by atoms with Crippen molar-refractivity contribution < 1.29 is 22.4 Å². The Balaban J connectivity index is 0.000000453. The van der Waals surface area contributed by atoms with Gasteiger partial charge in [0.1, 0.15) is 23.6 Å². The number of nitrogens with zero attached hydrogens (tertiary/aromatic N) is 4. The van der Waals surface area contributed by atoms with Gasteiger partial charge in [-0.05, 0) is 57.4 Å². The number of nitrogens with two attached hydrogens (primary N) is 1. The maximum Gasteiger partial charge on any atom is 0.292 e. The third-order valence-electron chi connectivity index (χ3n) is 7.99. The molecule has 1 unspecified atom stereocenters. The van der Waals surface area contributed by atoms with Gasteiger partial charge in [-0.2, -0.15) is 13.9 Å². The molecule has 0 bridgehead atoms. The number of hydrogen-bond donors (Lipinski definition) is 3. The normalized spacial score (nSPS) is 16.7. The summed E-state index contributed by atoms with van der Waals surface area (Å²) in [7, 11) is 0. The number of anilines is 1. The summed E-state index contributed by atoms with van der Waals surface area (Å²) in [6, 6.07) is 7.24. The van der Waals surface area contributed by atoms with Crippen LogP contribution in [0.5, 0.6) is 0 Å². The number of halogens is 4. The predicted molar refractivity (Wildman–Crippen MR) is 184 cm³/mol. The van der Waals surface area contributed by atoms with Crippen molar-refractivity contribution in [2.45, 2.75) is 72.9 Å². The third kappa shape index (κ3) is 7.73. The number of nitrogens with one attached hydrogen (secondary N) is 2. The summed E-state index contributed by atoms with van der Waals surface area (Å²) in [6.07, 6.45) is 2.16. The molecule has 254 valence electrons. The summed E-state index contributed by atoms with van der Waals surface area (Å²) < 4.78 is 58.9. The second-order valence-corrected chi connectivity index (χ2v) is 13.1. The van der Waals surface area contributed by atoms with Gasteiger partial charge in [-0.3, -0.25) is 9.48 Å². The number of carbonyl (C=O) groups excluding carboxylic acids is 1. The Morgan fingerprint density at radius 2 is 1.90 bits per heavy atom. The molecule has 4 aromatic rings. The molecule has 5 rings (SSSR count). The van der Waals surface area contributed by atoms with Gasteiger partial charge in [0.05, 0.1) is 33.7 Å². The van der Waals surface area contributed by atoms with Crippen molar-refractivity contribution in [2.75, 3.05) is 5.73 Å². The monoisotopic (exact) mass is 681 g/mol. The highest BCUT2D eigenvalue weighted by molar-refractivity contribution is 7.16. The zero-order valence-corrected chi connectivity index (χ0v) is 28.5. The minimum Gasteiger partial charge on any atom is -0.397 e. The smallest absolute Gasteiger partial charge is 0.292 e. The Morgan fingerprint density at radius 1 is 1.19 bits per heavy atom. The van der Waals surface area contributed by atoms with Gasteiger partial charge in [0.25, 0.3) is 12.3 Å². The maximum atomic E-state index is 15.0. The largest absolute Gasteiger partial charge is 0.397 e. The topological polar surface area (TPSA) is 123 Å². The van der Waals surface area contributed by atoms with Crippen molar-refractivity contribution in [3.05, 3.63) is 93.6 Å². The molecule has 2 atom stereocenters. The number of carbonyl (C=O) groups is 1. The number of pyridine rings is 1. The molecule has 0 aliphatic heterocycles. The van der Waals surface area contributed by atoms with Gasteiger partial charge in [-0.15, -0.1) is 11.3 Å². The molecule has 1 amide bonds. The first kappa shape index (κ1) is 36.2. The van der Waals surface area contributed by atoms with Crippen molar-refractivity contribution in [3.63, 3.8) is 0 Å². The number of benzene rings is 1. The quantitative estimate of drug-likeness (QED) is 0.0927. The molecule has 4 N–H and O–H groups in total. The first-order valence-electron chi connectivity index (χ1n) is 15.2. The van der Waals surface area contributed by atoms with Crippen LogP contribution < -0.4 is 11.1 Å². The first-order chi connectivity index (χ1) is 22.5. The minimum atomic E-state index is -3.41. The van der Waals surface area contributed by atoms with E-state index in [2.05, 4.69) is 59.9 Å². The lowest BCUT2D eigenvalue weighted by Crippen LogP contribution is -2.31. The van der Waals surface area contributed by atoms with Crippen LogP contribution in [0.1, 0.15) is 82.2 Å². The third-order valence-corrected chi connectivity index (χ3v) is 8.80. The number of hydrogen-bond acceptors (Lipinski definition) is 7. The van der Waals surface area contributed by atoms with Gasteiger partial charge in [0, 0.05) is 23.3 Å². The maximum absolute atomic E-state index is 15.0. The lowest BCUT2D eigenvalue weighted by molar-refractivity contribution is -0.122. The summed E-state index contributed by atoms with van der Waals surface area (Å²) in [5.41, 5.74) is 12.9. The summed E-state index contributed by atoms with van der Waals surface area (Å²) in [5, 5.41) is 13.9. The first-order valence-corrected chi connectivity index (χ1v) is 16.1. The number of amides is 1.